The Bertz CT molecular complexity index is 116. The monoisotopic (exact) mass is 154 g/mol. The number of hydrogen-bond donors (Lipinski definition) is 0. The van der Waals surface area contributed by atoms with Gasteiger partial charge in [-0.25, -0.2) is 0 Å². The van der Waals surface area contributed by atoms with Crippen molar-refractivity contribution >= 4 is 5.78 Å². The van der Waals surface area contributed by atoms with E-state index in [0.29, 0.717) is 6.42 Å². The summed E-state index contributed by atoms with van der Waals surface area (Å²) in [5.41, 5.74) is 0. The fraction of sp³-hybridized carbons (Fsp3) is 0.700. The first-order chi connectivity index (χ1) is 5.31. The average Bonchev–Trinajstić information content (AvgIpc) is 2.04. The topological polar surface area (TPSA) is 17.1 Å². The molecule has 0 unspecified atom stereocenters. The van der Waals surface area contributed by atoms with Crippen molar-refractivity contribution in [2.75, 3.05) is 0 Å². The van der Waals surface area contributed by atoms with Gasteiger partial charge in [-0.2, -0.15) is 0 Å². The van der Waals surface area contributed by atoms with Crippen molar-refractivity contribution in [1.82, 2.24) is 0 Å². The zero-order valence-electron chi connectivity index (χ0n) is 7.44. The van der Waals surface area contributed by atoms with Gasteiger partial charge in [-0.05, 0) is 12.5 Å². The predicted molar refractivity (Wildman–Crippen MR) is 48.6 cm³/mol. The van der Waals surface area contributed by atoms with Crippen LogP contribution in [0, 0.1) is 0 Å². The Morgan fingerprint density at radius 3 is 2.45 bits per heavy atom. The molecule has 64 valence electrons. The van der Waals surface area contributed by atoms with Gasteiger partial charge in [0.15, 0.2) is 5.78 Å². The molecule has 0 aliphatic carbocycles. The molecule has 0 heterocycles. The summed E-state index contributed by atoms with van der Waals surface area (Å²) in [4.78, 5) is 10.7. The molecule has 1 nitrogen and oxygen atoms in total. The Kier molecular flexibility index (Phi) is 7.11. The van der Waals surface area contributed by atoms with Crippen LogP contribution in [0.1, 0.15) is 45.4 Å². The molecule has 0 aliphatic heterocycles. The molecule has 0 rings (SSSR count). The lowest BCUT2D eigenvalue weighted by Crippen LogP contribution is -1.90. The first kappa shape index (κ1) is 10.4. The number of ketones is 1. The smallest absolute Gasteiger partial charge is 0.155 e. The molecule has 0 aromatic heterocycles. The third-order valence-corrected chi connectivity index (χ3v) is 1.75. The van der Waals surface area contributed by atoms with E-state index in [0.717, 1.165) is 6.42 Å². The van der Waals surface area contributed by atoms with Gasteiger partial charge >= 0.3 is 0 Å². The molecule has 0 amide bonds. The highest BCUT2D eigenvalue weighted by molar-refractivity contribution is 5.88. The SMILES string of the molecule is C=CC(=O)CCCCCCC. The highest BCUT2D eigenvalue weighted by Crippen LogP contribution is 2.05. The summed E-state index contributed by atoms with van der Waals surface area (Å²) in [5.74, 6) is 0.182. The van der Waals surface area contributed by atoms with Gasteiger partial charge < -0.3 is 0 Å². The lowest BCUT2D eigenvalue weighted by atomic mass is 10.1. The molecule has 0 radical (unpaired) electrons. The molecule has 0 saturated carbocycles. The van der Waals surface area contributed by atoms with Gasteiger partial charge in [0.05, 0.1) is 0 Å². The van der Waals surface area contributed by atoms with Crippen LogP contribution in [-0.2, 0) is 4.79 Å². The molecule has 0 aromatic carbocycles. The summed E-state index contributed by atoms with van der Waals surface area (Å²) in [7, 11) is 0. The van der Waals surface area contributed by atoms with Crippen molar-refractivity contribution in [2.45, 2.75) is 45.4 Å². The Hall–Kier alpha value is -0.590. The first-order valence-corrected chi connectivity index (χ1v) is 4.46. The van der Waals surface area contributed by atoms with E-state index in [4.69, 9.17) is 0 Å². The van der Waals surface area contributed by atoms with Gasteiger partial charge in [-0.3, -0.25) is 4.79 Å². The van der Waals surface area contributed by atoms with Gasteiger partial charge in [-0.1, -0.05) is 39.2 Å². The van der Waals surface area contributed by atoms with Gasteiger partial charge in [0, 0.05) is 6.42 Å². The number of carbonyl (C=O) groups is 1. The van der Waals surface area contributed by atoms with E-state index < -0.39 is 0 Å². The fourth-order valence-electron chi connectivity index (χ4n) is 1.00. The summed E-state index contributed by atoms with van der Waals surface area (Å²) >= 11 is 0. The molecular weight excluding hydrogens is 136 g/mol. The van der Waals surface area contributed by atoms with E-state index in [1.165, 1.54) is 31.8 Å². The van der Waals surface area contributed by atoms with Crippen molar-refractivity contribution < 1.29 is 4.79 Å². The summed E-state index contributed by atoms with van der Waals surface area (Å²) in [6.07, 6.45) is 8.14. The van der Waals surface area contributed by atoms with Gasteiger partial charge in [0.2, 0.25) is 0 Å². The minimum Gasteiger partial charge on any atom is -0.295 e. The molecule has 0 bridgehead atoms. The molecule has 0 atom stereocenters. The molecule has 0 N–H and O–H groups in total. The number of allylic oxidation sites excluding steroid dienone is 1. The van der Waals surface area contributed by atoms with Crippen LogP contribution >= 0.6 is 0 Å². The van der Waals surface area contributed by atoms with Crippen molar-refractivity contribution in [2.24, 2.45) is 0 Å². The minimum atomic E-state index is 0.182. The van der Waals surface area contributed by atoms with Crippen LogP contribution in [0.4, 0.5) is 0 Å². The van der Waals surface area contributed by atoms with Gasteiger partial charge in [0.25, 0.3) is 0 Å². The minimum absolute atomic E-state index is 0.182. The van der Waals surface area contributed by atoms with Crippen molar-refractivity contribution in [3.63, 3.8) is 0 Å². The largest absolute Gasteiger partial charge is 0.295 e. The standard InChI is InChI=1S/C10H18O/c1-3-5-6-7-8-9-10(11)4-2/h4H,2-3,5-9H2,1H3. The summed E-state index contributed by atoms with van der Waals surface area (Å²) in [6.45, 7) is 5.62. The summed E-state index contributed by atoms with van der Waals surface area (Å²) < 4.78 is 0. The molecule has 0 aromatic rings. The van der Waals surface area contributed by atoms with E-state index in [-0.39, 0.29) is 5.78 Å². The Labute approximate surface area is 69.5 Å². The van der Waals surface area contributed by atoms with E-state index in [2.05, 4.69) is 13.5 Å². The first-order valence-electron chi connectivity index (χ1n) is 4.46. The normalized spacial score (nSPS) is 9.55. The van der Waals surface area contributed by atoms with E-state index in [9.17, 15) is 4.79 Å². The molecule has 0 aliphatic rings. The number of rotatable bonds is 7. The fourth-order valence-corrected chi connectivity index (χ4v) is 1.00. The Balaban J connectivity index is 3.01. The molecule has 0 fully saturated rings. The van der Waals surface area contributed by atoms with Crippen molar-refractivity contribution in [3.05, 3.63) is 12.7 Å². The quantitative estimate of drug-likeness (QED) is 0.407. The molecule has 11 heavy (non-hydrogen) atoms. The number of hydrogen-bond acceptors (Lipinski definition) is 1. The van der Waals surface area contributed by atoms with Crippen molar-refractivity contribution in [1.29, 1.82) is 0 Å². The maximum atomic E-state index is 10.7. The van der Waals surface area contributed by atoms with Crippen LogP contribution in [0.5, 0.6) is 0 Å². The highest BCUT2D eigenvalue weighted by Gasteiger charge is 1.94. The average molecular weight is 154 g/mol. The summed E-state index contributed by atoms with van der Waals surface area (Å²) in [5, 5.41) is 0. The van der Waals surface area contributed by atoms with E-state index in [1.54, 1.807) is 0 Å². The van der Waals surface area contributed by atoms with Crippen LogP contribution in [0.25, 0.3) is 0 Å². The third-order valence-electron chi connectivity index (χ3n) is 1.75. The summed E-state index contributed by atoms with van der Waals surface area (Å²) in [6, 6.07) is 0. The Morgan fingerprint density at radius 2 is 1.91 bits per heavy atom. The number of carbonyl (C=O) groups excluding carboxylic acids is 1. The van der Waals surface area contributed by atoms with Crippen LogP contribution in [0.2, 0.25) is 0 Å². The maximum absolute atomic E-state index is 10.7. The molecular formula is C10H18O. The second kappa shape index (κ2) is 7.52. The lowest BCUT2D eigenvalue weighted by molar-refractivity contribution is -0.114. The maximum Gasteiger partial charge on any atom is 0.155 e. The number of unbranched alkanes of at least 4 members (excludes halogenated alkanes) is 4. The molecule has 1 heteroatoms. The Morgan fingerprint density at radius 1 is 1.27 bits per heavy atom. The van der Waals surface area contributed by atoms with Crippen LogP contribution in [0.15, 0.2) is 12.7 Å². The van der Waals surface area contributed by atoms with Gasteiger partial charge in [0.1, 0.15) is 0 Å². The van der Waals surface area contributed by atoms with E-state index in [1.807, 2.05) is 0 Å². The molecule has 0 spiro atoms. The van der Waals surface area contributed by atoms with E-state index >= 15 is 0 Å². The zero-order valence-corrected chi connectivity index (χ0v) is 7.44. The predicted octanol–water partition coefficient (Wildman–Crippen LogP) is 3.10. The highest BCUT2D eigenvalue weighted by atomic mass is 16.1. The molecule has 0 saturated heterocycles. The third kappa shape index (κ3) is 7.31. The lowest BCUT2D eigenvalue weighted by Gasteiger charge is -1.96. The second-order valence-electron chi connectivity index (χ2n) is 2.83. The van der Waals surface area contributed by atoms with Crippen molar-refractivity contribution in [3.8, 4) is 0 Å². The van der Waals surface area contributed by atoms with Crippen LogP contribution < -0.4 is 0 Å². The van der Waals surface area contributed by atoms with Crippen LogP contribution in [-0.4, -0.2) is 5.78 Å². The van der Waals surface area contributed by atoms with Crippen LogP contribution in [0.3, 0.4) is 0 Å². The zero-order chi connectivity index (χ0) is 8.53. The van der Waals surface area contributed by atoms with Gasteiger partial charge in [-0.15, -0.1) is 0 Å². The second-order valence-corrected chi connectivity index (χ2v) is 2.83.